The van der Waals surface area contributed by atoms with Crippen LogP contribution in [-0.4, -0.2) is 45.6 Å². The minimum absolute atomic E-state index is 0.0774. The number of fused-ring (bicyclic) bond motifs is 1. The highest BCUT2D eigenvalue weighted by atomic mass is 35.5. The van der Waals surface area contributed by atoms with E-state index in [-0.39, 0.29) is 35.5 Å². The number of ether oxygens (including phenoxy) is 1. The second-order valence-corrected chi connectivity index (χ2v) is 9.07. The zero-order chi connectivity index (χ0) is 25.8. The number of carbonyl (C=O) groups is 1. The molecule has 4 aromatic rings. The first-order valence-corrected chi connectivity index (χ1v) is 11.8. The number of nitrogens with one attached hydrogen (secondary N) is 2. The maximum Gasteiger partial charge on any atom is 0.263 e. The lowest BCUT2D eigenvalue weighted by atomic mass is 10.0. The Bertz CT molecular complexity index is 1480. The van der Waals surface area contributed by atoms with E-state index in [1.165, 1.54) is 11.7 Å². The zero-order valence-electron chi connectivity index (χ0n) is 20.5. The summed E-state index contributed by atoms with van der Waals surface area (Å²) in [6.45, 7) is 4.15. The van der Waals surface area contributed by atoms with Crippen molar-refractivity contribution in [2.45, 2.75) is 33.0 Å². The summed E-state index contributed by atoms with van der Waals surface area (Å²) in [5.41, 5.74) is 2.95. The molecule has 186 valence electrons. The molecule has 0 aliphatic carbocycles. The lowest BCUT2D eigenvalue weighted by Gasteiger charge is -2.15. The van der Waals surface area contributed by atoms with Crippen LogP contribution in [0.5, 0.6) is 5.75 Å². The van der Waals surface area contributed by atoms with E-state index in [4.69, 9.17) is 16.3 Å². The molecule has 0 bridgehead atoms. The lowest BCUT2D eigenvalue weighted by Crippen LogP contribution is -2.37. The van der Waals surface area contributed by atoms with E-state index in [0.717, 1.165) is 16.7 Å². The molecule has 0 fully saturated rings. The Morgan fingerprint density at radius 3 is 2.61 bits per heavy atom. The summed E-state index contributed by atoms with van der Waals surface area (Å²) in [6.07, 6.45) is 4.78. The van der Waals surface area contributed by atoms with E-state index in [1.807, 2.05) is 39.1 Å². The summed E-state index contributed by atoms with van der Waals surface area (Å²) < 4.78 is 6.62. The molecule has 0 aliphatic heterocycles. The van der Waals surface area contributed by atoms with Gasteiger partial charge in [-0.05, 0) is 62.4 Å². The summed E-state index contributed by atoms with van der Waals surface area (Å²) in [6, 6.07) is 9.06. The van der Waals surface area contributed by atoms with Gasteiger partial charge in [0.05, 0.1) is 18.7 Å². The van der Waals surface area contributed by atoms with Crippen molar-refractivity contribution in [1.29, 1.82) is 0 Å². The molecule has 9 nitrogen and oxygen atoms in total. The van der Waals surface area contributed by atoms with E-state index >= 15 is 0 Å². The van der Waals surface area contributed by atoms with Crippen LogP contribution >= 0.6 is 11.6 Å². The van der Waals surface area contributed by atoms with Gasteiger partial charge in [-0.1, -0.05) is 11.6 Å². The predicted octanol–water partition coefficient (Wildman–Crippen LogP) is 3.43. The van der Waals surface area contributed by atoms with E-state index in [2.05, 4.69) is 25.6 Å². The highest BCUT2D eigenvalue weighted by Gasteiger charge is 2.18. The van der Waals surface area contributed by atoms with Crippen LogP contribution in [0, 0.1) is 0 Å². The first-order chi connectivity index (χ1) is 17.3. The van der Waals surface area contributed by atoms with Crippen molar-refractivity contribution in [1.82, 2.24) is 30.2 Å². The topological polar surface area (TPSA) is 111 Å². The molecule has 0 radical (unpaired) electrons. The fourth-order valence-electron chi connectivity index (χ4n) is 3.92. The predicted molar refractivity (Wildman–Crippen MR) is 140 cm³/mol. The van der Waals surface area contributed by atoms with Crippen LogP contribution in [0.2, 0.25) is 5.02 Å². The van der Waals surface area contributed by atoms with E-state index in [0.29, 0.717) is 28.3 Å². The minimum Gasteiger partial charge on any atom is -0.495 e. The number of carbonyl (C=O) groups excluding carboxylic acids is 1. The number of rotatable bonds is 8. The average molecular weight is 507 g/mol. The van der Waals surface area contributed by atoms with E-state index in [1.54, 1.807) is 30.7 Å². The molecule has 10 heteroatoms. The molecule has 2 N–H and O–H groups in total. The third kappa shape index (κ3) is 5.53. The molecule has 1 aromatic carbocycles. The van der Waals surface area contributed by atoms with Crippen LogP contribution in [0.25, 0.3) is 33.5 Å². The van der Waals surface area contributed by atoms with Gasteiger partial charge in [0, 0.05) is 41.1 Å². The molecule has 0 saturated carbocycles. The summed E-state index contributed by atoms with van der Waals surface area (Å²) in [4.78, 5) is 39.7. The molecular formula is C26H27ClN6O3. The molecular weight excluding hydrogens is 480 g/mol. The Morgan fingerprint density at radius 2 is 1.89 bits per heavy atom. The minimum atomic E-state index is -0.386. The van der Waals surface area contributed by atoms with Gasteiger partial charge in [-0.3, -0.25) is 19.1 Å². The second-order valence-electron chi connectivity index (χ2n) is 8.64. The maximum absolute atomic E-state index is 13.7. The van der Waals surface area contributed by atoms with Gasteiger partial charge in [-0.25, -0.2) is 9.97 Å². The standard InChI is InChI=1S/C26H27ClN6O3/c1-15(2)31-23(34)14-33-25(19-8-21(36-4)13-29-11-19)32-24-22(26(33)35)9-18(12-30-24)17-5-16(10-28-3)6-20(27)7-17/h5-9,11-13,15,28H,10,14H2,1-4H3,(H,31,34). The number of methoxy groups -OCH3 is 1. The molecule has 0 atom stereocenters. The SMILES string of the molecule is CNCc1cc(Cl)cc(-c2cnc3nc(-c4cncc(OC)c4)n(CC(=O)NC(C)C)c(=O)c3c2)c1. The molecule has 4 rings (SSSR count). The number of nitrogens with zero attached hydrogens (tertiary/aromatic N) is 4. The van der Waals surface area contributed by atoms with Gasteiger partial charge in [0.2, 0.25) is 5.91 Å². The van der Waals surface area contributed by atoms with Gasteiger partial charge in [-0.15, -0.1) is 0 Å². The lowest BCUT2D eigenvalue weighted by molar-refractivity contribution is -0.122. The first kappa shape index (κ1) is 25.3. The third-order valence-electron chi connectivity index (χ3n) is 5.44. The van der Waals surface area contributed by atoms with Crippen LogP contribution in [0.1, 0.15) is 19.4 Å². The fraction of sp³-hybridized carbons (Fsp3) is 0.269. The van der Waals surface area contributed by atoms with Crippen LogP contribution in [-0.2, 0) is 17.9 Å². The summed E-state index contributed by atoms with van der Waals surface area (Å²) in [7, 11) is 3.38. The average Bonchev–Trinajstić information content (AvgIpc) is 2.85. The van der Waals surface area contributed by atoms with Gasteiger partial charge in [0.1, 0.15) is 18.1 Å². The van der Waals surface area contributed by atoms with Gasteiger partial charge < -0.3 is 15.4 Å². The normalized spacial score (nSPS) is 11.2. The first-order valence-electron chi connectivity index (χ1n) is 11.4. The van der Waals surface area contributed by atoms with Gasteiger partial charge in [-0.2, -0.15) is 0 Å². The third-order valence-corrected chi connectivity index (χ3v) is 5.66. The molecule has 3 aromatic heterocycles. The Labute approximate surface area is 213 Å². The Balaban J connectivity index is 1.90. The summed E-state index contributed by atoms with van der Waals surface area (Å²) in [5, 5.41) is 6.81. The van der Waals surface area contributed by atoms with Crippen molar-refractivity contribution < 1.29 is 9.53 Å². The van der Waals surface area contributed by atoms with Crippen molar-refractivity contribution >= 4 is 28.5 Å². The Kier molecular flexibility index (Phi) is 7.61. The largest absolute Gasteiger partial charge is 0.495 e. The van der Waals surface area contributed by atoms with Crippen molar-refractivity contribution in [2.24, 2.45) is 0 Å². The molecule has 0 unspecified atom stereocenters. The fourth-order valence-corrected chi connectivity index (χ4v) is 4.18. The smallest absolute Gasteiger partial charge is 0.263 e. The highest BCUT2D eigenvalue weighted by molar-refractivity contribution is 6.31. The number of benzene rings is 1. The molecule has 3 heterocycles. The van der Waals surface area contributed by atoms with Crippen molar-refractivity contribution in [3.8, 4) is 28.3 Å². The second kappa shape index (κ2) is 10.8. The van der Waals surface area contributed by atoms with Crippen LogP contribution < -0.4 is 20.9 Å². The Morgan fingerprint density at radius 1 is 1.08 bits per heavy atom. The molecule has 0 aliphatic rings. The van der Waals surface area contributed by atoms with Gasteiger partial charge in [0.15, 0.2) is 5.65 Å². The van der Waals surface area contributed by atoms with Gasteiger partial charge >= 0.3 is 0 Å². The van der Waals surface area contributed by atoms with E-state index in [9.17, 15) is 9.59 Å². The number of aromatic nitrogens is 4. The zero-order valence-corrected chi connectivity index (χ0v) is 21.3. The number of hydrogen-bond donors (Lipinski definition) is 2. The Hall–Kier alpha value is -3.82. The van der Waals surface area contributed by atoms with Crippen molar-refractivity contribution in [3.63, 3.8) is 0 Å². The maximum atomic E-state index is 13.7. The van der Waals surface area contributed by atoms with Gasteiger partial charge in [0.25, 0.3) is 5.56 Å². The monoisotopic (exact) mass is 506 g/mol. The highest BCUT2D eigenvalue weighted by Crippen LogP contribution is 2.27. The summed E-state index contributed by atoms with van der Waals surface area (Å²) >= 11 is 6.34. The van der Waals surface area contributed by atoms with Crippen LogP contribution in [0.15, 0.2) is 53.7 Å². The van der Waals surface area contributed by atoms with Crippen LogP contribution in [0.3, 0.4) is 0 Å². The molecule has 1 amide bonds. The number of halogens is 1. The quantitative estimate of drug-likeness (QED) is 0.376. The number of amides is 1. The van der Waals surface area contributed by atoms with Crippen molar-refractivity contribution in [2.75, 3.05) is 14.2 Å². The molecule has 0 saturated heterocycles. The van der Waals surface area contributed by atoms with Crippen LogP contribution in [0.4, 0.5) is 0 Å². The number of pyridine rings is 2. The number of hydrogen-bond acceptors (Lipinski definition) is 7. The molecule has 0 spiro atoms. The molecule has 36 heavy (non-hydrogen) atoms. The summed E-state index contributed by atoms with van der Waals surface area (Å²) in [5.74, 6) is 0.472. The van der Waals surface area contributed by atoms with Crippen molar-refractivity contribution in [3.05, 3.63) is 69.9 Å². The van der Waals surface area contributed by atoms with E-state index < -0.39 is 0 Å².